The summed E-state index contributed by atoms with van der Waals surface area (Å²) in [6, 6.07) is 10.3. The predicted octanol–water partition coefficient (Wildman–Crippen LogP) is 6.36. The average Bonchev–Trinajstić information content (AvgIpc) is 3.73. The zero-order valence-corrected chi connectivity index (χ0v) is 21.4. The van der Waals surface area contributed by atoms with Crippen LogP contribution in [0.5, 0.6) is 0 Å². The molecule has 4 saturated heterocycles. The highest BCUT2D eigenvalue weighted by atomic mass is 16.6. The second-order valence-electron chi connectivity index (χ2n) is 7.71. The molecule has 0 spiro atoms. The van der Waals surface area contributed by atoms with Gasteiger partial charge in [-0.2, -0.15) is 0 Å². The van der Waals surface area contributed by atoms with Gasteiger partial charge in [0.05, 0.1) is 44.7 Å². The van der Waals surface area contributed by atoms with E-state index in [1.807, 2.05) is 52.8 Å². The van der Waals surface area contributed by atoms with Gasteiger partial charge in [-0.25, -0.2) is 0 Å². The third-order valence-corrected chi connectivity index (χ3v) is 5.19. The molecule has 5 fully saturated rings. The van der Waals surface area contributed by atoms with Crippen molar-refractivity contribution in [2.24, 2.45) is 0 Å². The van der Waals surface area contributed by atoms with E-state index in [0.29, 0.717) is 30.5 Å². The van der Waals surface area contributed by atoms with Gasteiger partial charge in [0.1, 0.15) is 12.2 Å². The summed E-state index contributed by atoms with van der Waals surface area (Å²) in [6.07, 6.45) is 9.56. The Morgan fingerprint density at radius 1 is 0.781 bits per heavy atom. The Morgan fingerprint density at radius 3 is 1.66 bits per heavy atom. The Balaban J connectivity index is 0.000000206. The first-order chi connectivity index (χ1) is 15.8. The SMILES string of the molecule is C1CCC2OC2C1.CC.CC.CCC1CO1.CCOCC1CO1.c1ccc(C2CO2)cc1. The van der Waals surface area contributed by atoms with Gasteiger partial charge >= 0.3 is 0 Å². The van der Waals surface area contributed by atoms with Gasteiger partial charge in [0, 0.05) is 6.61 Å². The lowest BCUT2D eigenvalue weighted by Crippen LogP contribution is -2.00. The molecule has 0 bridgehead atoms. The quantitative estimate of drug-likeness (QED) is 0.487. The lowest BCUT2D eigenvalue weighted by Gasteiger charge is -2.00. The smallest absolute Gasteiger partial charge is 0.106 e. The number of rotatable bonds is 5. The minimum atomic E-state index is 0.409. The molecule has 1 saturated carbocycles. The van der Waals surface area contributed by atoms with Crippen LogP contribution in [-0.2, 0) is 23.7 Å². The highest BCUT2D eigenvalue weighted by Gasteiger charge is 2.39. The molecule has 1 aromatic rings. The van der Waals surface area contributed by atoms with E-state index in [0.717, 1.165) is 33.0 Å². The largest absolute Gasteiger partial charge is 0.379 e. The van der Waals surface area contributed by atoms with Crippen LogP contribution in [0.3, 0.4) is 0 Å². The Kier molecular flexibility index (Phi) is 16.7. The molecule has 32 heavy (non-hydrogen) atoms. The van der Waals surface area contributed by atoms with Gasteiger partial charge in [0.2, 0.25) is 0 Å². The third-order valence-electron chi connectivity index (χ3n) is 5.19. The second kappa shape index (κ2) is 18.4. The number of epoxide rings is 4. The summed E-state index contributed by atoms with van der Waals surface area (Å²) in [5, 5.41) is 0. The fraction of sp³-hybridized carbons (Fsp3) is 0.778. The Morgan fingerprint density at radius 2 is 1.31 bits per heavy atom. The van der Waals surface area contributed by atoms with Gasteiger partial charge < -0.3 is 23.7 Å². The zero-order chi connectivity index (χ0) is 23.6. The van der Waals surface area contributed by atoms with E-state index < -0.39 is 0 Å². The van der Waals surface area contributed by atoms with Crippen LogP contribution >= 0.6 is 0 Å². The molecular weight excluding hydrogens is 404 g/mol. The van der Waals surface area contributed by atoms with Crippen LogP contribution in [0.1, 0.15) is 85.3 Å². The monoisotopic (exact) mass is 452 g/mol. The topological polar surface area (TPSA) is 59.4 Å². The van der Waals surface area contributed by atoms with E-state index in [2.05, 4.69) is 19.1 Å². The molecule has 4 aliphatic heterocycles. The number of fused-ring (bicyclic) bond motifs is 1. The van der Waals surface area contributed by atoms with Crippen LogP contribution in [0, 0.1) is 0 Å². The molecule has 186 valence electrons. The molecule has 1 aliphatic carbocycles. The minimum absolute atomic E-state index is 0.409. The van der Waals surface area contributed by atoms with Crippen LogP contribution < -0.4 is 0 Å². The van der Waals surface area contributed by atoms with E-state index in [-0.39, 0.29) is 0 Å². The summed E-state index contributed by atoms with van der Waals surface area (Å²) < 4.78 is 25.1. The van der Waals surface area contributed by atoms with Crippen molar-refractivity contribution in [1.82, 2.24) is 0 Å². The van der Waals surface area contributed by atoms with E-state index in [1.165, 1.54) is 37.7 Å². The van der Waals surface area contributed by atoms with Gasteiger partial charge in [0.15, 0.2) is 0 Å². The molecule has 5 atom stereocenters. The predicted molar refractivity (Wildman–Crippen MR) is 131 cm³/mol. The highest BCUT2D eigenvalue weighted by molar-refractivity contribution is 5.19. The van der Waals surface area contributed by atoms with Gasteiger partial charge in [-0.3, -0.25) is 0 Å². The van der Waals surface area contributed by atoms with Crippen molar-refractivity contribution < 1.29 is 23.7 Å². The number of ether oxygens (including phenoxy) is 5. The van der Waals surface area contributed by atoms with Crippen LogP contribution in [0.4, 0.5) is 0 Å². The van der Waals surface area contributed by atoms with Crippen LogP contribution in [0.25, 0.3) is 0 Å². The van der Waals surface area contributed by atoms with Crippen molar-refractivity contribution in [2.75, 3.05) is 33.0 Å². The molecule has 6 rings (SSSR count). The standard InChI is InChI=1S/C8H8O.C6H10O.C5H10O2.C4H8O.2C2H6/c1-2-4-7(5-3-1)8-6-9-8;1-2-4-6-5(3-1)7-6;1-2-6-3-5-4-7-5;1-2-4-3-5-4;2*1-2/h1-5,8H,6H2;5-6H,1-4H2;5H,2-4H2,1H3;4H,2-3H2,1H3;2*1-2H3. The van der Waals surface area contributed by atoms with Gasteiger partial charge in [-0.1, -0.05) is 77.8 Å². The molecule has 0 N–H and O–H groups in total. The Bertz CT molecular complexity index is 516. The number of hydrogen-bond donors (Lipinski definition) is 0. The van der Waals surface area contributed by atoms with Gasteiger partial charge in [-0.05, 0) is 31.7 Å². The summed E-state index contributed by atoms with van der Waals surface area (Å²) in [5.41, 5.74) is 1.30. The molecular formula is C27H48O5. The van der Waals surface area contributed by atoms with Crippen molar-refractivity contribution in [1.29, 1.82) is 0 Å². The summed E-state index contributed by atoms with van der Waals surface area (Å²) >= 11 is 0. The fourth-order valence-electron chi connectivity index (χ4n) is 3.00. The van der Waals surface area contributed by atoms with E-state index in [1.54, 1.807) is 0 Å². The van der Waals surface area contributed by atoms with Crippen molar-refractivity contribution in [3.63, 3.8) is 0 Å². The molecule has 5 heteroatoms. The molecule has 1 aromatic carbocycles. The fourth-order valence-corrected chi connectivity index (χ4v) is 3.00. The van der Waals surface area contributed by atoms with Gasteiger partial charge in [-0.15, -0.1) is 0 Å². The van der Waals surface area contributed by atoms with Crippen molar-refractivity contribution in [3.8, 4) is 0 Å². The van der Waals surface area contributed by atoms with Gasteiger partial charge in [0.25, 0.3) is 0 Å². The van der Waals surface area contributed by atoms with E-state index in [9.17, 15) is 0 Å². The maximum absolute atomic E-state index is 5.28. The zero-order valence-electron chi connectivity index (χ0n) is 21.4. The average molecular weight is 453 g/mol. The molecule has 0 aromatic heterocycles. The summed E-state index contributed by atoms with van der Waals surface area (Å²) in [6.45, 7) is 16.5. The van der Waals surface area contributed by atoms with Crippen molar-refractivity contribution in [2.45, 2.75) is 104 Å². The number of benzene rings is 1. The lowest BCUT2D eigenvalue weighted by atomic mass is 10.0. The highest BCUT2D eigenvalue weighted by Crippen LogP contribution is 2.35. The van der Waals surface area contributed by atoms with Crippen LogP contribution in [0.2, 0.25) is 0 Å². The Labute approximate surface area is 197 Å². The summed E-state index contributed by atoms with van der Waals surface area (Å²) in [4.78, 5) is 0. The molecule has 0 radical (unpaired) electrons. The second-order valence-corrected chi connectivity index (χ2v) is 7.71. The van der Waals surface area contributed by atoms with Crippen LogP contribution in [0.15, 0.2) is 30.3 Å². The molecule has 5 unspecified atom stereocenters. The molecule has 5 nitrogen and oxygen atoms in total. The molecule has 0 amide bonds. The summed E-state index contributed by atoms with van der Waals surface area (Å²) in [5.74, 6) is 0. The maximum atomic E-state index is 5.28. The van der Waals surface area contributed by atoms with Crippen LogP contribution in [-0.4, -0.2) is 57.5 Å². The first-order valence-electron chi connectivity index (χ1n) is 12.9. The first kappa shape index (κ1) is 29.1. The van der Waals surface area contributed by atoms with Crippen molar-refractivity contribution >= 4 is 0 Å². The normalized spacial score (nSPS) is 29.0. The number of hydrogen-bond acceptors (Lipinski definition) is 5. The minimum Gasteiger partial charge on any atom is -0.379 e. The van der Waals surface area contributed by atoms with E-state index >= 15 is 0 Å². The maximum Gasteiger partial charge on any atom is 0.106 e. The Hall–Kier alpha value is -0.980. The third kappa shape index (κ3) is 15.0. The first-order valence-corrected chi connectivity index (χ1v) is 12.9. The molecule has 4 heterocycles. The van der Waals surface area contributed by atoms with Crippen molar-refractivity contribution in [3.05, 3.63) is 35.9 Å². The summed E-state index contributed by atoms with van der Waals surface area (Å²) in [7, 11) is 0. The molecule has 5 aliphatic rings. The van der Waals surface area contributed by atoms with E-state index in [4.69, 9.17) is 23.7 Å². The lowest BCUT2D eigenvalue weighted by molar-refractivity contribution is 0.128.